The van der Waals surface area contributed by atoms with Crippen molar-refractivity contribution in [1.82, 2.24) is 0 Å². The molecule has 0 amide bonds. The fraction of sp³-hybridized carbons (Fsp3) is 0.783. The Labute approximate surface area is 160 Å². The summed E-state index contributed by atoms with van der Waals surface area (Å²) in [6.07, 6.45) is 23.2. The summed E-state index contributed by atoms with van der Waals surface area (Å²) in [6.45, 7) is 2.26. The van der Waals surface area contributed by atoms with Gasteiger partial charge in [0.25, 0.3) is 0 Å². The average Bonchev–Trinajstić information content (AvgIpc) is 2.62. The van der Waals surface area contributed by atoms with Gasteiger partial charge >= 0.3 is 0 Å². The standard InChI is InChI=1S/C23H40O3/c1-2-3-4-5-6-7-8-9-10-11-12-13-14-15-16-19-23(26)20-21(24)17-18-22(23)25/h9-10,17-18,22,25-26H,2-8,11-16,19-20H2,1H3/b10-9-/t22-,23-/m0/s1. The Balaban J connectivity index is 1.91. The molecule has 0 bridgehead atoms. The van der Waals surface area contributed by atoms with E-state index < -0.39 is 11.7 Å². The van der Waals surface area contributed by atoms with Crippen LogP contribution in [0, 0.1) is 0 Å². The molecule has 0 aliphatic heterocycles. The predicted octanol–water partition coefficient (Wildman–Crippen LogP) is 5.64. The van der Waals surface area contributed by atoms with E-state index in [9.17, 15) is 15.0 Å². The van der Waals surface area contributed by atoms with Crippen LogP contribution in [0.5, 0.6) is 0 Å². The molecular formula is C23H40O3. The number of unbranched alkanes of at least 4 members (excludes halogenated alkanes) is 11. The Morgan fingerprint density at radius 2 is 1.50 bits per heavy atom. The van der Waals surface area contributed by atoms with Gasteiger partial charge in [0.15, 0.2) is 5.78 Å². The van der Waals surface area contributed by atoms with Gasteiger partial charge in [0.05, 0.1) is 0 Å². The molecule has 1 aliphatic rings. The number of allylic oxidation sites excluding steroid dienone is 3. The quantitative estimate of drug-likeness (QED) is 0.292. The maximum Gasteiger partial charge on any atom is 0.158 e. The van der Waals surface area contributed by atoms with Crippen LogP contribution in [0.1, 0.15) is 103 Å². The zero-order chi connectivity index (χ0) is 19.1. The normalized spacial score (nSPS) is 23.2. The first kappa shape index (κ1) is 23.1. The molecule has 0 unspecified atom stereocenters. The number of carbonyl (C=O) groups is 1. The van der Waals surface area contributed by atoms with Crippen LogP contribution < -0.4 is 0 Å². The SMILES string of the molecule is CCCCCCCC/C=C\CCCCCCC[C@]1(O)CC(=O)C=C[C@@H]1O. The minimum absolute atomic E-state index is 0.0497. The predicted molar refractivity (Wildman–Crippen MR) is 109 cm³/mol. The molecule has 150 valence electrons. The van der Waals surface area contributed by atoms with Crippen molar-refractivity contribution in [1.29, 1.82) is 0 Å². The second-order valence-corrected chi connectivity index (χ2v) is 7.88. The van der Waals surface area contributed by atoms with Crippen LogP contribution >= 0.6 is 0 Å². The molecule has 0 aromatic rings. The molecule has 0 saturated heterocycles. The van der Waals surface area contributed by atoms with Crippen LogP contribution in [-0.2, 0) is 4.79 Å². The van der Waals surface area contributed by atoms with Crippen molar-refractivity contribution in [2.75, 3.05) is 0 Å². The van der Waals surface area contributed by atoms with Crippen LogP contribution in [0.3, 0.4) is 0 Å². The van der Waals surface area contributed by atoms with Gasteiger partial charge in [0, 0.05) is 6.42 Å². The maximum absolute atomic E-state index is 11.4. The molecule has 0 aromatic heterocycles. The summed E-state index contributed by atoms with van der Waals surface area (Å²) < 4.78 is 0. The number of ketones is 1. The number of hydrogen-bond acceptors (Lipinski definition) is 3. The second kappa shape index (κ2) is 14.2. The van der Waals surface area contributed by atoms with Crippen LogP contribution in [0.15, 0.2) is 24.3 Å². The summed E-state index contributed by atoms with van der Waals surface area (Å²) in [5.41, 5.74) is -1.24. The van der Waals surface area contributed by atoms with Crippen molar-refractivity contribution in [2.24, 2.45) is 0 Å². The molecule has 0 fully saturated rings. The number of aliphatic hydroxyl groups is 2. The van der Waals surface area contributed by atoms with Crippen molar-refractivity contribution < 1.29 is 15.0 Å². The molecule has 1 rings (SSSR count). The Hall–Kier alpha value is -0.930. The van der Waals surface area contributed by atoms with Crippen molar-refractivity contribution >= 4 is 5.78 Å². The van der Waals surface area contributed by atoms with Gasteiger partial charge in [0.1, 0.15) is 11.7 Å². The largest absolute Gasteiger partial charge is 0.386 e. The number of aliphatic hydroxyl groups excluding tert-OH is 1. The lowest BCUT2D eigenvalue weighted by molar-refractivity contribution is -0.127. The third-order valence-corrected chi connectivity index (χ3v) is 5.37. The Morgan fingerprint density at radius 3 is 2.12 bits per heavy atom. The van der Waals surface area contributed by atoms with Crippen LogP contribution in [-0.4, -0.2) is 27.7 Å². The zero-order valence-corrected chi connectivity index (χ0v) is 16.8. The monoisotopic (exact) mass is 364 g/mol. The third-order valence-electron chi connectivity index (χ3n) is 5.37. The summed E-state index contributed by atoms with van der Waals surface area (Å²) in [4.78, 5) is 11.4. The lowest BCUT2D eigenvalue weighted by Crippen LogP contribution is -2.45. The average molecular weight is 365 g/mol. The molecule has 0 heterocycles. The molecule has 0 radical (unpaired) electrons. The first-order chi connectivity index (χ1) is 12.6. The minimum atomic E-state index is -1.24. The Kier molecular flexibility index (Phi) is 12.6. The summed E-state index contributed by atoms with van der Waals surface area (Å²) >= 11 is 0. The molecule has 3 heteroatoms. The van der Waals surface area contributed by atoms with E-state index in [0.717, 1.165) is 25.7 Å². The first-order valence-electron chi connectivity index (χ1n) is 10.8. The number of hydrogen-bond donors (Lipinski definition) is 2. The molecule has 3 nitrogen and oxygen atoms in total. The van der Waals surface area contributed by atoms with Gasteiger partial charge in [-0.05, 0) is 44.3 Å². The van der Waals surface area contributed by atoms with Crippen LogP contribution in [0.2, 0.25) is 0 Å². The molecular weight excluding hydrogens is 324 g/mol. The highest BCUT2D eigenvalue weighted by Gasteiger charge is 2.37. The van der Waals surface area contributed by atoms with Gasteiger partial charge in [-0.25, -0.2) is 0 Å². The summed E-state index contributed by atoms with van der Waals surface area (Å²) in [5.74, 6) is -0.0921. The van der Waals surface area contributed by atoms with Crippen molar-refractivity contribution in [3.63, 3.8) is 0 Å². The summed E-state index contributed by atoms with van der Waals surface area (Å²) in [6, 6.07) is 0. The highest BCUT2D eigenvalue weighted by molar-refractivity contribution is 5.91. The smallest absolute Gasteiger partial charge is 0.158 e. The fourth-order valence-corrected chi connectivity index (χ4v) is 3.58. The van der Waals surface area contributed by atoms with E-state index >= 15 is 0 Å². The molecule has 0 aromatic carbocycles. The lowest BCUT2D eigenvalue weighted by Gasteiger charge is -2.33. The van der Waals surface area contributed by atoms with Gasteiger partial charge in [-0.15, -0.1) is 0 Å². The van der Waals surface area contributed by atoms with Gasteiger partial charge in [-0.3, -0.25) is 4.79 Å². The van der Waals surface area contributed by atoms with E-state index in [1.54, 1.807) is 0 Å². The number of rotatable bonds is 15. The van der Waals surface area contributed by atoms with Gasteiger partial charge in [-0.2, -0.15) is 0 Å². The van der Waals surface area contributed by atoms with Crippen LogP contribution in [0.25, 0.3) is 0 Å². The van der Waals surface area contributed by atoms with Gasteiger partial charge < -0.3 is 10.2 Å². The van der Waals surface area contributed by atoms with E-state index in [2.05, 4.69) is 19.1 Å². The fourth-order valence-electron chi connectivity index (χ4n) is 3.58. The molecule has 0 saturated carbocycles. The molecule has 26 heavy (non-hydrogen) atoms. The lowest BCUT2D eigenvalue weighted by atomic mass is 9.82. The van der Waals surface area contributed by atoms with Crippen molar-refractivity contribution in [2.45, 2.75) is 115 Å². The minimum Gasteiger partial charge on any atom is -0.386 e. The van der Waals surface area contributed by atoms with Gasteiger partial charge in [-0.1, -0.05) is 76.9 Å². The Morgan fingerprint density at radius 1 is 0.962 bits per heavy atom. The Bertz CT molecular complexity index is 427. The van der Waals surface area contributed by atoms with E-state index in [-0.39, 0.29) is 12.2 Å². The van der Waals surface area contributed by atoms with E-state index in [1.807, 2.05) is 0 Å². The topological polar surface area (TPSA) is 57.5 Å². The molecule has 1 aliphatic carbocycles. The van der Waals surface area contributed by atoms with E-state index in [0.29, 0.717) is 6.42 Å². The highest BCUT2D eigenvalue weighted by atomic mass is 16.3. The molecule has 0 spiro atoms. The van der Waals surface area contributed by atoms with E-state index in [1.165, 1.54) is 69.9 Å². The summed E-state index contributed by atoms with van der Waals surface area (Å²) in [5, 5.41) is 20.2. The van der Waals surface area contributed by atoms with Gasteiger partial charge in [0.2, 0.25) is 0 Å². The summed E-state index contributed by atoms with van der Waals surface area (Å²) in [7, 11) is 0. The first-order valence-corrected chi connectivity index (χ1v) is 10.8. The maximum atomic E-state index is 11.4. The third kappa shape index (κ3) is 10.3. The molecule has 2 N–H and O–H groups in total. The zero-order valence-electron chi connectivity index (χ0n) is 16.8. The number of carbonyl (C=O) groups excluding carboxylic acids is 1. The van der Waals surface area contributed by atoms with Crippen molar-refractivity contribution in [3.8, 4) is 0 Å². The van der Waals surface area contributed by atoms with Crippen molar-refractivity contribution in [3.05, 3.63) is 24.3 Å². The highest BCUT2D eigenvalue weighted by Crippen LogP contribution is 2.28. The molecule has 2 atom stereocenters. The van der Waals surface area contributed by atoms with Crippen LogP contribution in [0.4, 0.5) is 0 Å². The van der Waals surface area contributed by atoms with E-state index in [4.69, 9.17) is 0 Å². The second-order valence-electron chi connectivity index (χ2n) is 7.88.